The Labute approximate surface area is 216 Å². The summed E-state index contributed by atoms with van der Waals surface area (Å²) in [5, 5.41) is 12.5. The van der Waals surface area contributed by atoms with Gasteiger partial charge in [0.15, 0.2) is 0 Å². The first-order chi connectivity index (χ1) is 18.0. The third kappa shape index (κ3) is 4.04. The highest BCUT2D eigenvalue weighted by molar-refractivity contribution is 5.77. The Balaban J connectivity index is 1.30. The van der Waals surface area contributed by atoms with Gasteiger partial charge in [-0.15, -0.1) is 0 Å². The van der Waals surface area contributed by atoms with Crippen LogP contribution in [0.2, 0.25) is 0 Å². The van der Waals surface area contributed by atoms with Crippen molar-refractivity contribution in [1.82, 2.24) is 10.3 Å². The molecule has 1 aliphatic heterocycles. The summed E-state index contributed by atoms with van der Waals surface area (Å²) in [5.41, 5.74) is 2.24. The molecule has 3 aliphatic rings. The largest absolute Gasteiger partial charge is 0.481 e. The Morgan fingerprint density at radius 2 is 1.92 bits per heavy atom. The minimum atomic E-state index is -4.53. The van der Waals surface area contributed by atoms with Gasteiger partial charge >= 0.3 is 12.1 Å². The summed E-state index contributed by atoms with van der Waals surface area (Å²) in [4.78, 5) is 15.6. The smallest absolute Gasteiger partial charge is 0.416 e. The van der Waals surface area contributed by atoms with Gasteiger partial charge in [0, 0.05) is 35.7 Å². The van der Waals surface area contributed by atoms with Crippen LogP contribution in [0.5, 0.6) is 5.88 Å². The van der Waals surface area contributed by atoms with Crippen LogP contribution in [0.3, 0.4) is 0 Å². The van der Waals surface area contributed by atoms with Gasteiger partial charge in [-0.25, -0.2) is 9.37 Å². The third-order valence-electron chi connectivity index (χ3n) is 8.23. The number of carboxylic acid groups (broad SMARTS) is 1. The van der Waals surface area contributed by atoms with Crippen molar-refractivity contribution in [2.45, 2.75) is 50.4 Å². The molecule has 0 radical (unpaired) electrons. The number of alkyl halides is 3. The summed E-state index contributed by atoms with van der Waals surface area (Å²) >= 11 is 0. The van der Waals surface area contributed by atoms with Crippen LogP contribution in [0.15, 0.2) is 48.7 Å². The number of benzene rings is 2. The maximum atomic E-state index is 15.3. The number of carbonyl (C=O) groups is 1. The summed E-state index contributed by atoms with van der Waals surface area (Å²) in [6, 6.07) is 9.46. The van der Waals surface area contributed by atoms with Crippen LogP contribution >= 0.6 is 0 Å². The van der Waals surface area contributed by atoms with Gasteiger partial charge < -0.3 is 15.2 Å². The predicted octanol–water partition coefficient (Wildman–Crippen LogP) is 5.76. The lowest BCUT2D eigenvalue weighted by molar-refractivity contribution is -0.139. The third-order valence-corrected chi connectivity index (χ3v) is 8.23. The zero-order valence-electron chi connectivity index (χ0n) is 20.8. The highest BCUT2D eigenvalue weighted by Crippen LogP contribution is 2.61. The lowest BCUT2D eigenvalue weighted by Crippen LogP contribution is -2.43. The van der Waals surface area contributed by atoms with Gasteiger partial charge in [0.2, 0.25) is 5.88 Å². The molecule has 5 nitrogen and oxygen atoms in total. The van der Waals surface area contributed by atoms with Crippen LogP contribution in [0.4, 0.5) is 17.6 Å². The fraction of sp³-hybridized carbons (Fsp3) is 0.379. The molecule has 1 fully saturated rings. The average molecular weight is 527 g/mol. The second kappa shape index (κ2) is 8.53. The summed E-state index contributed by atoms with van der Waals surface area (Å²) in [6.45, 7) is 4.09. The van der Waals surface area contributed by atoms with Gasteiger partial charge in [-0.2, -0.15) is 13.2 Å². The molecule has 2 N–H and O–H groups in total. The minimum absolute atomic E-state index is 0.00509. The van der Waals surface area contributed by atoms with E-state index in [-0.39, 0.29) is 35.5 Å². The van der Waals surface area contributed by atoms with Crippen molar-refractivity contribution in [3.8, 4) is 5.88 Å². The number of nitrogens with one attached hydrogen (secondary N) is 1. The molecule has 2 aliphatic carbocycles. The number of halogens is 4. The van der Waals surface area contributed by atoms with E-state index in [2.05, 4.69) is 10.3 Å². The number of nitrogens with zero attached hydrogens (tertiary/aromatic N) is 1. The molecular formula is C29H26F4N2O3. The standard InChI is InChI=1S/C29H26F4N2O3/c1-28(2)13-35-26(16-5-3-4-6-20(16)29(31,32)33)17-8-15(22(30)10-21(17)28)12-38-23-9-14-7-18-24(19(14)11-34-23)25(18)27(36)37/h3-6,8-11,18,24-26,35H,7,12-13H2,1-2H3,(H,36,37)/t18-,24-,25+,26-/m1/s1. The van der Waals surface area contributed by atoms with Gasteiger partial charge in [0.1, 0.15) is 12.4 Å². The van der Waals surface area contributed by atoms with E-state index in [0.717, 1.165) is 17.2 Å². The SMILES string of the molecule is CC1(C)CN[C@H](c2ccccc2C(F)(F)F)c2cc(COc3cc4c(cn3)[C@H]3[C@@H](C4)[C@@H]3C(=O)O)c(F)cc21. The molecular weight excluding hydrogens is 500 g/mol. The van der Waals surface area contributed by atoms with Gasteiger partial charge in [0.25, 0.3) is 0 Å². The van der Waals surface area contributed by atoms with Gasteiger partial charge in [0.05, 0.1) is 17.5 Å². The molecule has 1 saturated carbocycles. The lowest BCUT2D eigenvalue weighted by atomic mass is 9.74. The quantitative estimate of drug-likeness (QED) is 0.414. The van der Waals surface area contributed by atoms with Crippen molar-refractivity contribution in [3.05, 3.63) is 93.4 Å². The first-order valence-corrected chi connectivity index (χ1v) is 12.5. The average Bonchev–Trinajstić information content (AvgIpc) is 3.45. The molecule has 0 saturated heterocycles. The van der Waals surface area contributed by atoms with Crippen LogP contribution in [-0.4, -0.2) is 22.6 Å². The number of carboxylic acids is 1. The van der Waals surface area contributed by atoms with E-state index >= 15 is 4.39 Å². The number of rotatable bonds is 5. The van der Waals surface area contributed by atoms with Crippen molar-refractivity contribution >= 4 is 5.97 Å². The second-order valence-electron chi connectivity index (χ2n) is 11.1. The maximum Gasteiger partial charge on any atom is 0.416 e. The molecule has 1 aromatic heterocycles. The Hall–Kier alpha value is -3.46. The van der Waals surface area contributed by atoms with Crippen molar-refractivity contribution in [2.24, 2.45) is 11.8 Å². The second-order valence-corrected chi connectivity index (χ2v) is 11.1. The Bertz CT molecular complexity index is 1450. The molecule has 0 spiro atoms. The lowest BCUT2D eigenvalue weighted by Gasteiger charge is -2.39. The fourth-order valence-corrected chi connectivity index (χ4v) is 6.26. The highest BCUT2D eigenvalue weighted by Gasteiger charge is 2.60. The molecule has 3 aromatic rings. The van der Waals surface area contributed by atoms with E-state index in [1.807, 2.05) is 13.8 Å². The van der Waals surface area contributed by atoms with Gasteiger partial charge in [-0.3, -0.25) is 4.79 Å². The summed E-state index contributed by atoms with van der Waals surface area (Å²) in [6.07, 6.45) is -2.25. The first kappa shape index (κ1) is 24.9. The van der Waals surface area contributed by atoms with Gasteiger partial charge in [-0.05, 0) is 58.4 Å². The molecule has 6 rings (SSSR count). The zero-order chi connectivity index (χ0) is 27.0. The first-order valence-electron chi connectivity index (χ1n) is 12.5. The molecule has 0 amide bonds. The maximum absolute atomic E-state index is 15.3. The molecule has 0 unspecified atom stereocenters. The Morgan fingerprint density at radius 1 is 1.16 bits per heavy atom. The van der Waals surface area contributed by atoms with Crippen LogP contribution in [0, 0.1) is 17.7 Å². The summed E-state index contributed by atoms with van der Waals surface area (Å²) in [7, 11) is 0. The zero-order valence-corrected chi connectivity index (χ0v) is 20.8. The normalized spacial score (nSPS) is 24.8. The number of fused-ring (bicyclic) bond motifs is 4. The molecule has 38 heavy (non-hydrogen) atoms. The summed E-state index contributed by atoms with van der Waals surface area (Å²) < 4.78 is 62.5. The summed E-state index contributed by atoms with van der Waals surface area (Å²) in [5.74, 6) is -1.25. The number of aliphatic carboxylic acids is 1. The van der Waals surface area contributed by atoms with E-state index in [9.17, 15) is 23.1 Å². The van der Waals surface area contributed by atoms with E-state index in [1.165, 1.54) is 18.2 Å². The van der Waals surface area contributed by atoms with Crippen LogP contribution in [0.1, 0.15) is 64.8 Å². The highest BCUT2D eigenvalue weighted by atomic mass is 19.4. The molecule has 2 aromatic carbocycles. The van der Waals surface area contributed by atoms with Crippen molar-refractivity contribution in [1.29, 1.82) is 0 Å². The molecule has 198 valence electrons. The number of pyridine rings is 1. The van der Waals surface area contributed by atoms with E-state index in [1.54, 1.807) is 24.4 Å². The van der Waals surface area contributed by atoms with Crippen LogP contribution in [-0.2, 0) is 29.4 Å². The van der Waals surface area contributed by atoms with E-state index in [4.69, 9.17) is 4.74 Å². The van der Waals surface area contributed by atoms with Crippen molar-refractivity contribution < 1.29 is 32.2 Å². The van der Waals surface area contributed by atoms with Crippen molar-refractivity contribution in [3.63, 3.8) is 0 Å². The molecule has 0 bridgehead atoms. The topological polar surface area (TPSA) is 71.5 Å². The number of aromatic nitrogens is 1. The van der Waals surface area contributed by atoms with E-state index < -0.39 is 35.0 Å². The Kier molecular flexibility index (Phi) is 5.58. The minimum Gasteiger partial charge on any atom is -0.481 e. The van der Waals surface area contributed by atoms with Crippen LogP contribution in [0.25, 0.3) is 0 Å². The number of hydrogen-bond acceptors (Lipinski definition) is 4. The van der Waals surface area contributed by atoms with Crippen molar-refractivity contribution in [2.75, 3.05) is 6.54 Å². The molecule has 4 atom stereocenters. The monoisotopic (exact) mass is 526 g/mol. The fourth-order valence-electron chi connectivity index (χ4n) is 6.26. The predicted molar refractivity (Wildman–Crippen MR) is 130 cm³/mol. The molecule has 2 heterocycles. The van der Waals surface area contributed by atoms with E-state index in [0.29, 0.717) is 30.0 Å². The number of ether oxygens (including phenoxy) is 1. The Morgan fingerprint density at radius 3 is 2.66 bits per heavy atom. The van der Waals surface area contributed by atoms with Gasteiger partial charge in [-0.1, -0.05) is 32.0 Å². The number of hydrogen-bond donors (Lipinski definition) is 2. The van der Waals surface area contributed by atoms with Crippen LogP contribution < -0.4 is 10.1 Å². The molecule has 9 heteroatoms.